The van der Waals surface area contributed by atoms with Crippen molar-refractivity contribution >= 4 is 29.8 Å². The largest absolute Gasteiger partial charge is 0.483 e. The van der Waals surface area contributed by atoms with Crippen molar-refractivity contribution in [2.24, 2.45) is 10.5 Å². The summed E-state index contributed by atoms with van der Waals surface area (Å²) in [6, 6.07) is 4.06. The molecule has 7 nitrogen and oxygen atoms in total. The number of aliphatic hydroxyl groups is 1. The number of amides is 1. The van der Waals surface area contributed by atoms with E-state index in [9.17, 15) is 9.90 Å². The van der Waals surface area contributed by atoms with E-state index < -0.39 is 0 Å². The van der Waals surface area contributed by atoms with E-state index in [1.807, 2.05) is 11.8 Å². The lowest BCUT2D eigenvalue weighted by atomic mass is 9.67. The normalized spacial score (nSPS) is 23.3. The van der Waals surface area contributed by atoms with Gasteiger partial charge in [0.05, 0.1) is 12.3 Å². The third-order valence-electron chi connectivity index (χ3n) is 6.84. The lowest BCUT2D eigenvalue weighted by Gasteiger charge is -2.52. The van der Waals surface area contributed by atoms with Gasteiger partial charge in [-0.05, 0) is 47.4 Å². The molecular formula is C22H33ClN4O3. The molecule has 2 N–H and O–H groups in total. The van der Waals surface area contributed by atoms with Gasteiger partial charge < -0.3 is 14.7 Å². The van der Waals surface area contributed by atoms with E-state index in [-0.39, 0.29) is 36.4 Å². The standard InChI is InChI=1S/C22H32N4O3.ClH/c1-13(2)16-9-19-18(26-15(4)21(28)24-23-20(26)10-29-19)8-17(16)14(3)22(5)11-25(12-22)6-7-27;/h8-9,13-15,27H,6-7,10-12H2,1-5H3,(H,24,28);1H/t14-,15-;/m1./s1. The lowest BCUT2D eigenvalue weighted by molar-refractivity contribution is -0.122. The van der Waals surface area contributed by atoms with E-state index in [0.29, 0.717) is 18.4 Å². The number of amidine groups is 1. The highest BCUT2D eigenvalue weighted by Gasteiger charge is 2.44. The molecule has 1 saturated heterocycles. The van der Waals surface area contributed by atoms with Crippen molar-refractivity contribution in [1.29, 1.82) is 0 Å². The summed E-state index contributed by atoms with van der Waals surface area (Å²) in [6.45, 7) is 14.2. The van der Waals surface area contributed by atoms with Gasteiger partial charge in [-0.3, -0.25) is 9.69 Å². The number of benzene rings is 1. The van der Waals surface area contributed by atoms with Crippen molar-refractivity contribution < 1.29 is 14.6 Å². The summed E-state index contributed by atoms with van der Waals surface area (Å²) in [6.07, 6.45) is 0. The molecule has 3 aliphatic heterocycles. The number of aliphatic hydroxyl groups excluding tert-OH is 1. The van der Waals surface area contributed by atoms with Crippen molar-refractivity contribution in [3.63, 3.8) is 0 Å². The zero-order valence-corrected chi connectivity index (χ0v) is 19.3. The van der Waals surface area contributed by atoms with Crippen LogP contribution in [0.25, 0.3) is 0 Å². The molecule has 30 heavy (non-hydrogen) atoms. The van der Waals surface area contributed by atoms with E-state index in [0.717, 1.165) is 36.9 Å². The molecule has 1 amide bonds. The molecule has 2 atom stereocenters. The number of halogens is 1. The smallest absolute Gasteiger partial charge is 0.262 e. The summed E-state index contributed by atoms with van der Waals surface area (Å²) in [5.74, 6) is 2.18. The number of hydrogen-bond donors (Lipinski definition) is 2. The van der Waals surface area contributed by atoms with Crippen LogP contribution in [0.15, 0.2) is 17.2 Å². The molecule has 1 fully saturated rings. The first-order chi connectivity index (χ1) is 13.7. The Labute approximate surface area is 184 Å². The second kappa shape index (κ2) is 8.36. The van der Waals surface area contributed by atoms with Gasteiger partial charge in [0.15, 0.2) is 5.84 Å². The average molecular weight is 437 g/mol. The molecular weight excluding hydrogens is 404 g/mol. The Balaban J connectivity index is 0.00000256. The van der Waals surface area contributed by atoms with Crippen LogP contribution in [0.1, 0.15) is 57.6 Å². The monoisotopic (exact) mass is 436 g/mol. The van der Waals surface area contributed by atoms with Gasteiger partial charge in [-0.15, -0.1) is 12.4 Å². The number of anilines is 1. The molecule has 166 valence electrons. The first-order valence-electron chi connectivity index (χ1n) is 10.5. The summed E-state index contributed by atoms with van der Waals surface area (Å²) in [5.41, 5.74) is 6.29. The first kappa shape index (κ1) is 22.8. The fourth-order valence-corrected chi connectivity index (χ4v) is 4.90. The Kier molecular flexibility index (Phi) is 6.37. The number of carbonyl (C=O) groups is 1. The van der Waals surface area contributed by atoms with E-state index in [1.54, 1.807) is 0 Å². The molecule has 4 rings (SSSR count). The maximum absolute atomic E-state index is 12.2. The van der Waals surface area contributed by atoms with Gasteiger partial charge in [0.25, 0.3) is 5.91 Å². The number of fused-ring (bicyclic) bond motifs is 3. The minimum atomic E-state index is -0.322. The summed E-state index contributed by atoms with van der Waals surface area (Å²) in [5, 5.41) is 13.4. The van der Waals surface area contributed by atoms with Crippen LogP contribution in [0.5, 0.6) is 5.75 Å². The van der Waals surface area contributed by atoms with E-state index in [4.69, 9.17) is 4.74 Å². The predicted octanol–water partition coefficient (Wildman–Crippen LogP) is 2.68. The molecule has 1 aromatic carbocycles. The van der Waals surface area contributed by atoms with Gasteiger partial charge in [-0.25, -0.2) is 5.43 Å². The third-order valence-corrected chi connectivity index (χ3v) is 6.84. The second-order valence-corrected chi connectivity index (χ2v) is 9.25. The number of carbonyl (C=O) groups excluding carboxylic acids is 1. The van der Waals surface area contributed by atoms with Crippen LogP contribution < -0.4 is 15.1 Å². The van der Waals surface area contributed by atoms with Gasteiger partial charge in [-0.1, -0.05) is 27.7 Å². The average Bonchev–Trinajstić information content (AvgIpc) is 2.67. The van der Waals surface area contributed by atoms with Crippen LogP contribution >= 0.6 is 12.4 Å². The zero-order valence-electron chi connectivity index (χ0n) is 18.4. The number of likely N-dealkylation sites (tertiary alicyclic amines) is 1. The van der Waals surface area contributed by atoms with Gasteiger partial charge in [0.2, 0.25) is 0 Å². The molecule has 3 heterocycles. The Morgan fingerprint density at radius 2 is 2.00 bits per heavy atom. The summed E-state index contributed by atoms with van der Waals surface area (Å²) >= 11 is 0. The molecule has 0 aromatic heterocycles. The molecule has 8 heteroatoms. The van der Waals surface area contributed by atoms with Crippen LogP contribution in [0, 0.1) is 5.41 Å². The maximum Gasteiger partial charge on any atom is 0.262 e. The van der Waals surface area contributed by atoms with Crippen LogP contribution in [0.3, 0.4) is 0 Å². The highest BCUT2D eigenvalue weighted by Crippen LogP contribution is 2.48. The molecule has 1 aromatic rings. The number of ether oxygens (including phenoxy) is 1. The van der Waals surface area contributed by atoms with Crippen molar-refractivity contribution in [3.8, 4) is 5.75 Å². The Morgan fingerprint density at radius 1 is 1.30 bits per heavy atom. The number of hydrazone groups is 1. The molecule has 0 spiro atoms. The Hall–Kier alpha value is -1.83. The lowest BCUT2D eigenvalue weighted by Crippen LogP contribution is -2.57. The number of nitrogens with one attached hydrogen (secondary N) is 1. The van der Waals surface area contributed by atoms with Crippen LogP contribution in [0.4, 0.5) is 5.69 Å². The molecule has 3 aliphatic rings. The minimum Gasteiger partial charge on any atom is -0.483 e. The molecule has 0 saturated carbocycles. The summed E-state index contributed by atoms with van der Waals surface area (Å²) in [7, 11) is 0. The molecule has 0 bridgehead atoms. The first-order valence-corrected chi connectivity index (χ1v) is 10.5. The fourth-order valence-electron chi connectivity index (χ4n) is 4.90. The number of β-amino-alcohol motifs (C(OH)–C–C–N with tert-alkyl or cyclic N) is 1. The Morgan fingerprint density at radius 3 is 2.63 bits per heavy atom. The number of rotatable bonds is 5. The van der Waals surface area contributed by atoms with Crippen LogP contribution in [-0.4, -0.2) is 60.6 Å². The highest BCUT2D eigenvalue weighted by molar-refractivity contribution is 6.09. The minimum absolute atomic E-state index is 0. The van der Waals surface area contributed by atoms with Crippen molar-refractivity contribution in [1.82, 2.24) is 10.3 Å². The quantitative estimate of drug-likeness (QED) is 0.742. The SMILES string of the molecule is CC(C)c1cc2c(cc1[C@@H](C)C1(C)CN(CCO)C1)N1C(=NNC(=O)[C@H]1C)CO2.Cl. The van der Waals surface area contributed by atoms with E-state index >= 15 is 0 Å². The Bertz CT molecular complexity index is 851. The van der Waals surface area contributed by atoms with Gasteiger partial charge in [0, 0.05) is 19.6 Å². The molecule has 0 unspecified atom stereocenters. The highest BCUT2D eigenvalue weighted by atomic mass is 35.5. The van der Waals surface area contributed by atoms with Gasteiger partial charge >= 0.3 is 0 Å². The number of nitrogens with zero attached hydrogens (tertiary/aromatic N) is 3. The number of hydrogen-bond acceptors (Lipinski definition) is 6. The third kappa shape index (κ3) is 3.67. The van der Waals surface area contributed by atoms with E-state index in [1.165, 1.54) is 11.1 Å². The topological polar surface area (TPSA) is 77.4 Å². The predicted molar refractivity (Wildman–Crippen MR) is 121 cm³/mol. The zero-order chi connectivity index (χ0) is 20.9. The molecule has 0 radical (unpaired) electrons. The van der Waals surface area contributed by atoms with Gasteiger partial charge in [0.1, 0.15) is 18.4 Å². The van der Waals surface area contributed by atoms with Crippen molar-refractivity contribution in [2.75, 3.05) is 37.7 Å². The maximum atomic E-state index is 12.2. The molecule has 0 aliphatic carbocycles. The van der Waals surface area contributed by atoms with Gasteiger partial charge in [-0.2, -0.15) is 5.10 Å². The summed E-state index contributed by atoms with van der Waals surface area (Å²) < 4.78 is 6.02. The van der Waals surface area contributed by atoms with Crippen molar-refractivity contribution in [3.05, 3.63) is 23.3 Å². The van der Waals surface area contributed by atoms with E-state index in [2.05, 4.69) is 55.3 Å². The van der Waals surface area contributed by atoms with Crippen molar-refractivity contribution in [2.45, 2.75) is 52.5 Å². The fraction of sp³-hybridized carbons (Fsp3) is 0.636. The van der Waals surface area contributed by atoms with Crippen LogP contribution in [0.2, 0.25) is 0 Å². The van der Waals surface area contributed by atoms with Crippen LogP contribution in [-0.2, 0) is 4.79 Å². The second-order valence-electron chi connectivity index (χ2n) is 9.25. The summed E-state index contributed by atoms with van der Waals surface area (Å²) in [4.78, 5) is 16.6.